The molecule has 1 aliphatic rings. The van der Waals surface area contributed by atoms with E-state index < -0.39 is 0 Å². The molecule has 0 aromatic heterocycles. The van der Waals surface area contributed by atoms with E-state index in [0.717, 1.165) is 5.92 Å². The lowest BCUT2D eigenvalue weighted by Crippen LogP contribution is -2.35. The van der Waals surface area contributed by atoms with E-state index in [2.05, 4.69) is 44.0 Å². The van der Waals surface area contributed by atoms with Gasteiger partial charge in [-0.15, -0.1) is 11.6 Å². The summed E-state index contributed by atoms with van der Waals surface area (Å²) >= 11 is 5.93. The Labute approximate surface area is 123 Å². The van der Waals surface area contributed by atoms with Gasteiger partial charge in [0.05, 0.1) is 0 Å². The quantitative estimate of drug-likeness (QED) is 0.690. The van der Waals surface area contributed by atoms with E-state index in [1.165, 1.54) is 48.9 Å². The van der Waals surface area contributed by atoms with Gasteiger partial charge in [0, 0.05) is 24.7 Å². The number of benzene rings is 1. The third-order valence-electron chi connectivity index (χ3n) is 4.82. The predicted octanol–water partition coefficient (Wildman–Crippen LogP) is 5.14. The van der Waals surface area contributed by atoms with Gasteiger partial charge in [0.2, 0.25) is 0 Å². The number of alkyl halides is 1. The molecule has 0 heterocycles. The van der Waals surface area contributed by atoms with Crippen LogP contribution in [0.15, 0.2) is 18.2 Å². The zero-order chi connectivity index (χ0) is 13.8. The number of anilines is 1. The Balaban J connectivity index is 2.03. The molecule has 0 bridgehead atoms. The van der Waals surface area contributed by atoms with Crippen LogP contribution in [0.2, 0.25) is 0 Å². The summed E-state index contributed by atoms with van der Waals surface area (Å²) in [5, 5.41) is 0. The Morgan fingerprint density at radius 2 is 1.89 bits per heavy atom. The number of hydrogen-bond acceptors (Lipinski definition) is 1. The number of hydrogen-bond donors (Lipinski definition) is 0. The molecule has 1 nitrogen and oxygen atoms in total. The molecule has 1 saturated carbocycles. The minimum atomic E-state index is 0.609. The fourth-order valence-corrected chi connectivity index (χ4v) is 3.50. The average molecular weight is 280 g/mol. The molecule has 0 N–H and O–H groups in total. The molecular weight excluding hydrogens is 254 g/mol. The van der Waals surface area contributed by atoms with Crippen LogP contribution in [0.1, 0.15) is 50.2 Å². The Morgan fingerprint density at radius 3 is 2.42 bits per heavy atom. The minimum absolute atomic E-state index is 0.609. The molecule has 106 valence electrons. The molecule has 0 atom stereocenters. The molecule has 2 heteroatoms. The van der Waals surface area contributed by atoms with E-state index in [1.807, 2.05) is 0 Å². The predicted molar refractivity (Wildman–Crippen MR) is 85.2 cm³/mol. The normalized spacial score (nSPS) is 23.4. The monoisotopic (exact) mass is 279 g/mol. The summed E-state index contributed by atoms with van der Waals surface area (Å²) in [6.07, 6.45) is 6.81. The molecule has 2 rings (SSSR count). The van der Waals surface area contributed by atoms with Crippen molar-refractivity contribution in [1.29, 1.82) is 0 Å². The first-order valence-corrected chi connectivity index (χ1v) is 8.07. The summed E-state index contributed by atoms with van der Waals surface area (Å²) in [6, 6.07) is 7.38. The number of nitrogens with zero attached hydrogens (tertiary/aromatic N) is 1. The fraction of sp³-hybridized carbons (Fsp3) is 0.647. The third kappa shape index (κ3) is 3.45. The maximum Gasteiger partial charge on any atom is 0.0476 e. The molecule has 0 amide bonds. The maximum atomic E-state index is 5.93. The molecule has 0 saturated heterocycles. The van der Waals surface area contributed by atoms with Crippen LogP contribution < -0.4 is 4.90 Å². The molecule has 0 aliphatic heterocycles. The lowest BCUT2D eigenvalue weighted by Gasteiger charge is -2.36. The summed E-state index contributed by atoms with van der Waals surface area (Å²) in [5.74, 6) is 1.57. The second-order valence-electron chi connectivity index (χ2n) is 5.94. The molecule has 1 fully saturated rings. The Bertz CT molecular complexity index is 408. The van der Waals surface area contributed by atoms with Crippen LogP contribution >= 0.6 is 11.6 Å². The van der Waals surface area contributed by atoms with Gasteiger partial charge in [0.25, 0.3) is 0 Å². The van der Waals surface area contributed by atoms with Gasteiger partial charge in [-0.1, -0.05) is 19.4 Å². The van der Waals surface area contributed by atoms with Crippen LogP contribution in [-0.2, 0) is 5.88 Å². The summed E-state index contributed by atoms with van der Waals surface area (Å²) < 4.78 is 0. The number of rotatable bonds is 4. The third-order valence-corrected chi connectivity index (χ3v) is 5.11. The highest BCUT2D eigenvalue weighted by Gasteiger charge is 2.23. The van der Waals surface area contributed by atoms with Crippen molar-refractivity contribution in [3.63, 3.8) is 0 Å². The van der Waals surface area contributed by atoms with Crippen LogP contribution in [0, 0.1) is 12.8 Å². The standard InChI is InChI=1S/C17H26ClN/c1-4-14-5-8-16(9-6-14)19(3)17-10-7-15(12-18)13(2)11-17/h7,10-11,14,16H,4-6,8-9,12H2,1-3H3. The van der Waals surface area contributed by atoms with Gasteiger partial charge in [0.1, 0.15) is 0 Å². The molecule has 19 heavy (non-hydrogen) atoms. The van der Waals surface area contributed by atoms with Crippen molar-refractivity contribution in [2.75, 3.05) is 11.9 Å². The molecule has 0 unspecified atom stereocenters. The van der Waals surface area contributed by atoms with E-state index in [-0.39, 0.29) is 0 Å². The van der Waals surface area contributed by atoms with Crippen molar-refractivity contribution in [3.8, 4) is 0 Å². The number of halogens is 1. The van der Waals surface area contributed by atoms with Gasteiger partial charge in [-0.25, -0.2) is 0 Å². The van der Waals surface area contributed by atoms with Gasteiger partial charge in [-0.3, -0.25) is 0 Å². The second-order valence-corrected chi connectivity index (χ2v) is 6.21. The van der Waals surface area contributed by atoms with E-state index in [1.54, 1.807) is 0 Å². The van der Waals surface area contributed by atoms with E-state index in [9.17, 15) is 0 Å². The smallest absolute Gasteiger partial charge is 0.0476 e. The van der Waals surface area contributed by atoms with Crippen molar-refractivity contribution in [1.82, 2.24) is 0 Å². The molecule has 0 spiro atoms. The van der Waals surface area contributed by atoms with Crippen molar-refractivity contribution >= 4 is 17.3 Å². The number of aryl methyl sites for hydroxylation is 1. The van der Waals surface area contributed by atoms with Crippen molar-refractivity contribution < 1.29 is 0 Å². The lowest BCUT2D eigenvalue weighted by atomic mass is 9.84. The molecule has 1 aromatic carbocycles. The Hall–Kier alpha value is -0.690. The summed E-state index contributed by atoms with van der Waals surface area (Å²) in [7, 11) is 2.24. The zero-order valence-corrected chi connectivity index (χ0v) is 13.2. The van der Waals surface area contributed by atoms with Crippen molar-refractivity contribution in [2.24, 2.45) is 5.92 Å². The Morgan fingerprint density at radius 1 is 1.21 bits per heavy atom. The van der Waals surface area contributed by atoms with Crippen molar-refractivity contribution in [2.45, 2.75) is 57.9 Å². The fourth-order valence-electron chi connectivity index (χ4n) is 3.20. The average Bonchev–Trinajstić information content (AvgIpc) is 2.46. The van der Waals surface area contributed by atoms with Crippen LogP contribution in [-0.4, -0.2) is 13.1 Å². The van der Waals surface area contributed by atoms with Gasteiger partial charge >= 0.3 is 0 Å². The minimum Gasteiger partial charge on any atom is -0.372 e. The van der Waals surface area contributed by atoms with Gasteiger partial charge in [-0.05, 0) is 61.8 Å². The van der Waals surface area contributed by atoms with Crippen LogP contribution in [0.3, 0.4) is 0 Å². The summed E-state index contributed by atoms with van der Waals surface area (Å²) in [4.78, 5) is 2.47. The SMILES string of the molecule is CCC1CCC(N(C)c2ccc(CCl)c(C)c2)CC1. The highest BCUT2D eigenvalue weighted by Crippen LogP contribution is 2.31. The lowest BCUT2D eigenvalue weighted by molar-refractivity contribution is 0.313. The van der Waals surface area contributed by atoms with Gasteiger partial charge in [-0.2, -0.15) is 0 Å². The topological polar surface area (TPSA) is 3.24 Å². The summed E-state index contributed by atoms with van der Waals surface area (Å²) in [6.45, 7) is 4.48. The van der Waals surface area contributed by atoms with E-state index in [4.69, 9.17) is 11.6 Å². The zero-order valence-electron chi connectivity index (χ0n) is 12.5. The summed E-state index contributed by atoms with van der Waals surface area (Å²) in [5.41, 5.74) is 3.89. The highest BCUT2D eigenvalue weighted by atomic mass is 35.5. The van der Waals surface area contributed by atoms with E-state index in [0.29, 0.717) is 11.9 Å². The molecule has 1 aliphatic carbocycles. The molecule has 1 aromatic rings. The largest absolute Gasteiger partial charge is 0.372 e. The van der Waals surface area contributed by atoms with Gasteiger partial charge in [0.15, 0.2) is 0 Å². The van der Waals surface area contributed by atoms with E-state index >= 15 is 0 Å². The van der Waals surface area contributed by atoms with Crippen molar-refractivity contribution in [3.05, 3.63) is 29.3 Å². The Kier molecular flexibility index (Phi) is 5.15. The molecule has 0 radical (unpaired) electrons. The van der Waals surface area contributed by atoms with Gasteiger partial charge < -0.3 is 4.90 Å². The van der Waals surface area contributed by atoms with Crippen LogP contribution in [0.25, 0.3) is 0 Å². The first kappa shape index (κ1) is 14.7. The first-order valence-electron chi connectivity index (χ1n) is 7.54. The second kappa shape index (κ2) is 6.65. The van der Waals surface area contributed by atoms with Crippen LogP contribution in [0.5, 0.6) is 0 Å². The molecular formula is C17H26ClN. The maximum absolute atomic E-state index is 5.93. The van der Waals surface area contributed by atoms with Crippen LogP contribution in [0.4, 0.5) is 5.69 Å². The first-order chi connectivity index (χ1) is 9.15. The highest BCUT2D eigenvalue weighted by molar-refractivity contribution is 6.17.